The number of rotatable bonds is 22. The first-order valence-corrected chi connectivity index (χ1v) is 20.1. The molecule has 0 radical (unpaired) electrons. The molecule has 0 aromatic heterocycles. The van der Waals surface area contributed by atoms with Gasteiger partial charge in [0.25, 0.3) is 0 Å². The third-order valence-electron chi connectivity index (χ3n) is 7.58. The van der Waals surface area contributed by atoms with E-state index in [1.807, 2.05) is 0 Å². The predicted octanol–water partition coefficient (Wildman–Crippen LogP) is -3.79. The molecule has 0 aliphatic rings. The summed E-state index contributed by atoms with van der Waals surface area (Å²) >= 11 is 0. The molecule has 0 saturated carbocycles. The van der Waals surface area contributed by atoms with Crippen molar-refractivity contribution in [1.82, 2.24) is 47.9 Å². The summed E-state index contributed by atoms with van der Waals surface area (Å²) in [5.74, 6) is -3.44. The Morgan fingerprint density at radius 1 is 0.565 bits per heavy atom. The van der Waals surface area contributed by atoms with E-state index < -0.39 is 89.2 Å². The van der Waals surface area contributed by atoms with Gasteiger partial charge in [-0.15, -0.1) is 0 Å². The van der Waals surface area contributed by atoms with Crippen LogP contribution in [0.1, 0.15) is 95.9 Å². The van der Waals surface area contributed by atoms with Gasteiger partial charge in [0, 0.05) is 13.1 Å². The minimum atomic E-state index is -2.08. The molecule has 0 fully saturated rings. The van der Waals surface area contributed by atoms with E-state index in [0.29, 0.717) is 45.0 Å². The highest BCUT2D eigenvalue weighted by Gasteiger charge is 2.30. The van der Waals surface area contributed by atoms with E-state index in [9.17, 15) is 38.4 Å². The van der Waals surface area contributed by atoms with Gasteiger partial charge in [0.15, 0.2) is 0 Å². The molecule has 0 heterocycles. The van der Waals surface area contributed by atoms with Crippen molar-refractivity contribution in [3.05, 3.63) is 0 Å². The quantitative estimate of drug-likeness (QED) is 0.0282. The van der Waals surface area contributed by atoms with E-state index in [1.165, 1.54) is 13.8 Å². The second kappa shape index (κ2) is 29.2. The Morgan fingerprint density at radius 3 is 1.24 bits per heavy atom. The number of hydrogen-bond donors (Lipinski definition) is 12. The predicted molar refractivity (Wildman–Crippen MR) is 224 cm³/mol. The van der Waals surface area contributed by atoms with E-state index in [-0.39, 0.29) is 24.9 Å². The molecule has 0 unspecified atom stereocenters. The van der Waals surface area contributed by atoms with Crippen molar-refractivity contribution < 1.29 is 67.8 Å². The first-order chi connectivity index (χ1) is 28.4. The molecule has 13 N–H and O–H groups in total. The van der Waals surface area contributed by atoms with Crippen molar-refractivity contribution in [3.8, 4) is 0 Å². The average Bonchev–Trinajstić information content (AvgIpc) is 3.11. The number of alkyl carbamates (subject to hydrolysis) is 2. The van der Waals surface area contributed by atoms with Crippen molar-refractivity contribution in [2.45, 2.75) is 131 Å². The SMILES string of the molecule is CC(C)[C@H](NC(=O)[C@H](C)NC(=O)OC(C)(C)C)C(=O)NCC(=O)NCCCNC(N)=[NH+]CCCNC(=O)CNC(=O)[C@@H](NC(=O)[C@H](C)NC(=O)OC(C)(C)C)C(C)C.O=C([O-])O. The van der Waals surface area contributed by atoms with Crippen LogP contribution in [0.25, 0.3) is 0 Å². The molecular formula is C38H71N11O13. The van der Waals surface area contributed by atoms with Gasteiger partial charge in [-0.3, -0.25) is 44.8 Å². The summed E-state index contributed by atoms with van der Waals surface area (Å²) in [6.45, 7) is 20.9. The Balaban J connectivity index is 0. The fourth-order valence-corrected chi connectivity index (χ4v) is 4.55. The maximum Gasteiger partial charge on any atom is 0.408 e. The van der Waals surface area contributed by atoms with Gasteiger partial charge in [-0.1, -0.05) is 27.7 Å². The fourth-order valence-electron chi connectivity index (χ4n) is 4.55. The minimum absolute atomic E-state index is 0.296. The Hall–Kier alpha value is -6.10. The molecule has 8 amide bonds. The van der Waals surface area contributed by atoms with Crippen LogP contribution in [-0.2, 0) is 38.2 Å². The van der Waals surface area contributed by atoms with Crippen LogP contribution in [0.5, 0.6) is 0 Å². The highest BCUT2D eigenvalue weighted by atomic mass is 16.6. The number of ether oxygens (including phenoxy) is 2. The lowest BCUT2D eigenvalue weighted by Gasteiger charge is -2.25. The summed E-state index contributed by atoms with van der Waals surface area (Å²) in [7, 11) is 0. The molecule has 24 heteroatoms. The second-order valence-corrected chi connectivity index (χ2v) is 16.6. The molecule has 0 aliphatic carbocycles. The van der Waals surface area contributed by atoms with E-state index in [2.05, 4.69) is 52.8 Å². The van der Waals surface area contributed by atoms with Crippen molar-refractivity contribution in [1.29, 1.82) is 0 Å². The zero-order valence-electron chi connectivity index (χ0n) is 38.0. The van der Waals surface area contributed by atoms with Crippen LogP contribution in [-0.4, -0.2) is 139 Å². The normalized spacial score (nSPS) is 13.3. The largest absolute Gasteiger partial charge is 0.565 e. The third kappa shape index (κ3) is 30.9. The lowest BCUT2D eigenvalue weighted by Crippen LogP contribution is -2.79. The molecular weight excluding hydrogens is 818 g/mol. The molecule has 0 aromatic rings. The van der Waals surface area contributed by atoms with Gasteiger partial charge in [0.2, 0.25) is 41.6 Å². The van der Waals surface area contributed by atoms with Crippen molar-refractivity contribution in [3.63, 3.8) is 0 Å². The molecule has 0 saturated heterocycles. The monoisotopic (exact) mass is 890 g/mol. The number of carboxylic acid groups (broad SMARTS) is 2. The van der Waals surface area contributed by atoms with Crippen LogP contribution in [0.15, 0.2) is 0 Å². The molecule has 0 aromatic carbocycles. The molecule has 62 heavy (non-hydrogen) atoms. The second-order valence-electron chi connectivity index (χ2n) is 16.6. The molecule has 24 nitrogen and oxygen atoms in total. The van der Waals surface area contributed by atoms with Crippen LogP contribution in [0, 0.1) is 11.8 Å². The lowest BCUT2D eigenvalue weighted by atomic mass is 10.0. The average molecular weight is 890 g/mol. The van der Waals surface area contributed by atoms with Gasteiger partial charge >= 0.3 is 18.1 Å². The van der Waals surface area contributed by atoms with Gasteiger partial charge in [-0.2, -0.15) is 0 Å². The molecule has 356 valence electrons. The van der Waals surface area contributed by atoms with Crippen molar-refractivity contribution >= 4 is 59.7 Å². The zero-order chi connectivity index (χ0) is 48.4. The number of guanidine groups is 1. The van der Waals surface area contributed by atoms with Crippen LogP contribution in [0.4, 0.5) is 14.4 Å². The molecule has 0 bridgehead atoms. The Bertz CT molecular complexity index is 1520. The Morgan fingerprint density at radius 2 is 0.903 bits per heavy atom. The fraction of sp³-hybridized carbons (Fsp3) is 0.737. The van der Waals surface area contributed by atoms with Gasteiger partial charge in [-0.25, -0.2) is 9.59 Å². The van der Waals surface area contributed by atoms with Crippen LogP contribution >= 0.6 is 0 Å². The molecule has 0 rings (SSSR count). The van der Waals surface area contributed by atoms with Gasteiger partial charge in [-0.05, 0) is 80.1 Å². The van der Waals surface area contributed by atoms with Gasteiger partial charge in [0.05, 0.1) is 26.2 Å². The van der Waals surface area contributed by atoms with E-state index in [0.717, 1.165) is 0 Å². The first kappa shape index (κ1) is 58.0. The molecule has 4 atom stereocenters. The number of carbonyl (C=O) groups excluding carboxylic acids is 8. The van der Waals surface area contributed by atoms with E-state index >= 15 is 0 Å². The highest BCUT2D eigenvalue weighted by Crippen LogP contribution is 2.09. The summed E-state index contributed by atoms with van der Waals surface area (Å²) in [5.41, 5.74) is 4.46. The highest BCUT2D eigenvalue weighted by molar-refractivity contribution is 5.94. The van der Waals surface area contributed by atoms with Crippen LogP contribution < -0.4 is 63.7 Å². The van der Waals surface area contributed by atoms with Gasteiger partial charge < -0.3 is 67.0 Å². The van der Waals surface area contributed by atoms with Gasteiger partial charge in [0.1, 0.15) is 35.4 Å². The first-order valence-electron chi connectivity index (χ1n) is 20.1. The van der Waals surface area contributed by atoms with E-state index in [1.54, 1.807) is 69.2 Å². The summed E-state index contributed by atoms with van der Waals surface area (Å²) in [5, 5.41) is 38.7. The summed E-state index contributed by atoms with van der Waals surface area (Å²) < 4.78 is 10.3. The number of carbonyl (C=O) groups is 9. The zero-order valence-corrected chi connectivity index (χ0v) is 38.0. The van der Waals surface area contributed by atoms with Crippen LogP contribution in [0.3, 0.4) is 0 Å². The maximum absolute atomic E-state index is 12.7. The summed E-state index contributed by atoms with van der Waals surface area (Å²) in [6, 6.07) is -3.82. The Kier molecular flexibility index (Phi) is 27.3. The lowest BCUT2D eigenvalue weighted by molar-refractivity contribution is -0.460. The summed E-state index contributed by atoms with van der Waals surface area (Å²) in [6.07, 6.45) is -2.59. The summed E-state index contributed by atoms with van der Waals surface area (Å²) in [4.78, 5) is 111. The maximum atomic E-state index is 12.7. The van der Waals surface area contributed by atoms with Crippen molar-refractivity contribution in [2.75, 3.05) is 39.3 Å². The standard InChI is InChI=1S/C37H69N11O10.CH2O3/c1-21(2)27(47-29(51)23(5)45-34(55)57-36(7,8)9)31(53)43-19-25(49)39-15-13-17-41-33(38)42-18-14-16-40-26(50)20-44-32(54)28(22(3)4)48-30(52)24(6)46-35(56)58-37(10,11)12;2-1(3)4/h21-24,27-28H,13-20H2,1-12H3,(H,39,49)(H,40,50)(H,43,53)(H,44,54)(H,45,55)(H,46,56)(H,47,51)(H,48,52)(H3,38,41,42);(H2,2,3,4)/t23-,24-,27-,28-;/m0./s1. The smallest absolute Gasteiger partial charge is 0.408 e. The topological polar surface area (TPSA) is 364 Å². The van der Waals surface area contributed by atoms with Crippen LogP contribution in [0.2, 0.25) is 0 Å². The number of amides is 8. The molecule has 0 spiro atoms. The van der Waals surface area contributed by atoms with E-state index in [4.69, 9.17) is 30.2 Å². The minimum Gasteiger partial charge on any atom is -0.565 e. The number of hydrogen-bond acceptors (Lipinski definition) is 12. The molecule has 0 aliphatic heterocycles. The Labute approximate surface area is 363 Å². The number of nitrogens with one attached hydrogen (secondary N) is 10. The third-order valence-corrected chi connectivity index (χ3v) is 7.58. The number of nitrogens with two attached hydrogens (primary N) is 1. The van der Waals surface area contributed by atoms with Crippen molar-refractivity contribution in [2.24, 2.45) is 17.6 Å².